The average molecular weight is 391 g/mol. The predicted octanol–water partition coefficient (Wildman–Crippen LogP) is 4.03. The van der Waals surface area contributed by atoms with Gasteiger partial charge in [-0.2, -0.15) is 0 Å². The first-order chi connectivity index (χ1) is 13.5. The zero-order chi connectivity index (χ0) is 19.7. The highest BCUT2D eigenvalue weighted by molar-refractivity contribution is 8.01. The van der Waals surface area contributed by atoms with E-state index in [1.807, 2.05) is 80.6 Å². The van der Waals surface area contributed by atoms with Crippen molar-refractivity contribution in [2.24, 2.45) is 0 Å². The first-order valence-corrected chi connectivity index (χ1v) is 10.1. The summed E-state index contributed by atoms with van der Waals surface area (Å²) in [5.74, 6) is -0.500. The van der Waals surface area contributed by atoms with E-state index in [1.54, 1.807) is 16.7 Å². The number of esters is 1. The van der Waals surface area contributed by atoms with Gasteiger partial charge in [-0.25, -0.2) is 4.79 Å². The second kappa shape index (κ2) is 7.34. The molecule has 1 amide bonds. The smallest absolute Gasteiger partial charge is 0.330 e. The number of ether oxygens (including phenoxy) is 1. The van der Waals surface area contributed by atoms with Crippen molar-refractivity contribution in [3.63, 3.8) is 0 Å². The molecule has 0 unspecified atom stereocenters. The van der Waals surface area contributed by atoms with Crippen LogP contribution in [0.3, 0.4) is 0 Å². The number of rotatable bonds is 4. The van der Waals surface area contributed by atoms with E-state index in [4.69, 9.17) is 4.74 Å². The zero-order valence-corrected chi connectivity index (χ0v) is 16.6. The number of nitrogens with zero attached hydrogens (tertiary/aromatic N) is 1. The van der Waals surface area contributed by atoms with Gasteiger partial charge in [0.05, 0.1) is 5.57 Å². The minimum Gasteiger partial charge on any atom is -0.459 e. The summed E-state index contributed by atoms with van der Waals surface area (Å²) in [4.78, 5) is 27.2. The molecule has 0 aromatic heterocycles. The molecule has 2 aromatic carbocycles. The third-order valence-corrected chi connectivity index (χ3v) is 6.47. The van der Waals surface area contributed by atoms with Crippen LogP contribution in [0.15, 0.2) is 72.0 Å². The molecule has 4 rings (SSSR count). The number of benzene rings is 2. The summed E-state index contributed by atoms with van der Waals surface area (Å²) in [7, 11) is 0. The van der Waals surface area contributed by atoms with E-state index in [9.17, 15) is 9.59 Å². The Bertz CT molecular complexity index is 962. The number of β-lactam (4-membered cyclic amide) rings is 1. The lowest BCUT2D eigenvalue weighted by molar-refractivity contribution is -0.158. The molecule has 2 aliphatic heterocycles. The van der Waals surface area contributed by atoms with Gasteiger partial charge in [0.2, 0.25) is 0 Å². The van der Waals surface area contributed by atoms with Gasteiger partial charge in [-0.1, -0.05) is 60.7 Å². The summed E-state index contributed by atoms with van der Waals surface area (Å²) in [5, 5.41) is -0.156. The molecule has 0 aliphatic carbocycles. The summed E-state index contributed by atoms with van der Waals surface area (Å²) in [6.07, 6.45) is 1.82. The van der Waals surface area contributed by atoms with Gasteiger partial charge in [-0.15, -0.1) is 17.5 Å². The van der Waals surface area contributed by atoms with Crippen molar-refractivity contribution in [2.75, 3.05) is 0 Å². The minimum absolute atomic E-state index is 0.142. The van der Waals surface area contributed by atoms with E-state index in [1.165, 1.54) is 0 Å². The monoisotopic (exact) mass is 391 g/mol. The van der Waals surface area contributed by atoms with Gasteiger partial charge in [0.25, 0.3) is 5.91 Å². The number of amides is 1. The Morgan fingerprint density at radius 3 is 2.46 bits per heavy atom. The molecule has 28 heavy (non-hydrogen) atoms. The molecule has 2 atom stereocenters. The fourth-order valence-electron chi connectivity index (χ4n) is 3.53. The fourth-order valence-corrected chi connectivity index (χ4v) is 5.06. The van der Waals surface area contributed by atoms with E-state index >= 15 is 0 Å². The van der Waals surface area contributed by atoms with Gasteiger partial charge in [0, 0.05) is 4.75 Å². The van der Waals surface area contributed by atoms with Crippen LogP contribution >= 0.6 is 11.8 Å². The van der Waals surface area contributed by atoms with Gasteiger partial charge in [0.15, 0.2) is 0 Å². The second-order valence-corrected chi connectivity index (χ2v) is 9.13. The van der Waals surface area contributed by atoms with Crippen LogP contribution in [0.4, 0.5) is 0 Å². The molecule has 0 saturated carbocycles. The molecule has 142 valence electrons. The Labute approximate surface area is 168 Å². The molecule has 2 fully saturated rings. The summed E-state index contributed by atoms with van der Waals surface area (Å²) < 4.78 is 5.10. The fraction of sp³-hybridized carbons (Fsp3) is 0.261. The highest BCUT2D eigenvalue weighted by Crippen LogP contribution is 2.53. The predicted molar refractivity (Wildman–Crippen MR) is 110 cm³/mol. The van der Waals surface area contributed by atoms with Crippen molar-refractivity contribution in [3.05, 3.63) is 83.1 Å². The number of carbonyl (C=O) groups is 2. The third kappa shape index (κ3) is 3.39. The summed E-state index contributed by atoms with van der Waals surface area (Å²) in [6, 6.07) is 18.7. The molecular weight excluding hydrogens is 370 g/mol. The lowest BCUT2D eigenvalue weighted by Crippen LogP contribution is -2.58. The maximum absolute atomic E-state index is 12.8. The molecule has 0 bridgehead atoms. The maximum atomic E-state index is 12.8. The van der Waals surface area contributed by atoms with E-state index in [-0.39, 0.29) is 23.9 Å². The molecule has 2 saturated heterocycles. The number of hydrogen-bond donors (Lipinski definition) is 0. The van der Waals surface area contributed by atoms with Gasteiger partial charge in [-0.05, 0) is 31.1 Å². The van der Waals surface area contributed by atoms with Gasteiger partial charge < -0.3 is 9.64 Å². The quantitative estimate of drug-likeness (QED) is 0.342. The van der Waals surface area contributed by atoms with Gasteiger partial charge >= 0.3 is 5.97 Å². The maximum Gasteiger partial charge on any atom is 0.330 e. The molecule has 0 N–H and O–H groups in total. The largest absolute Gasteiger partial charge is 0.459 e. The number of thioether (sulfide) groups is 1. The van der Waals surface area contributed by atoms with E-state index in [0.717, 1.165) is 11.1 Å². The minimum atomic E-state index is -0.596. The third-order valence-electron chi connectivity index (χ3n) is 4.96. The summed E-state index contributed by atoms with van der Waals surface area (Å²) in [5.41, 5.74) is 5.67. The normalized spacial score (nSPS) is 22.1. The first kappa shape index (κ1) is 18.6. The van der Waals surface area contributed by atoms with Crippen molar-refractivity contribution in [1.29, 1.82) is 0 Å². The Kier molecular flexibility index (Phi) is 4.88. The molecule has 0 radical (unpaired) electrons. The Morgan fingerprint density at radius 2 is 1.79 bits per heavy atom. The highest BCUT2D eigenvalue weighted by Gasteiger charge is 2.61. The Balaban J connectivity index is 1.51. The van der Waals surface area contributed by atoms with Crippen molar-refractivity contribution in [2.45, 2.75) is 36.6 Å². The first-order valence-electron chi connectivity index (χ1n) is 9.20. The van der Waals surface area contributed by atoms with Crippen molar-refractivity contribution < 1.29 is 14.3 Å². The van der Waals surface area contributed by atoms with E-state index in [2.05, 4.69) is 5.73 Å². The van der Waals surface area contributed by atoms with Crippen molar-refractivity contribution in [1.82, 2.24) is 4.90 Å². The number of hydrogen-bond acceptors (Lipinski definition) is 4. The van der Waals surface area contributed by atoms with E-state index < -0.39 is 10.8 Å². The summed E-state index contributed by atoms with van der Waals surface area (Å²) >= 11 is 1.61. The Hall–Kier alpha value is -2.75. The van der Waals surface area contributed by atoms with E-state index in [0.29, 0.717) is 5.57 Å². The van der Waals surface area contributed by atoms with Crippen molar-refractivity contribution >= 4 is 29.7 Å². The van der Waals surface area contributed by atoms with Crippen LogP contribution < -0.4 is 0 Å². The lowest BCUT2D eigenvalue weighted by Gasteiger charge is -2.38. The second-order valence-electron chi connectivity index (χ2n) is 7.39. The average Bonchev–Trinajstić information content (AvgIpc) is 2.95. The molecule has 2 aliphatic rings. The topological polar surface area (TPSA) is 46.6 Å². The van der Waals surface area contributed by atoms with Crippen LogP contribution in [-0.4, -0.2) is 32.9 Å². The van der Waals surface area contributed by atoms with Crippen LogP contribution in [0.2, 0.25) is 0 Å². The molecule has 2 heterocycles. The lowest BCUT2D eigenvalue weighted by atomic mass is 9.96. The van der Waals surface area contributed by atoms with Gasteiger partial charge in [-0.3, -0.25) is 4.79 Å². The molecule has 5 heteroatoms. The van der Waals surface area contributed by atoms with Gasteiger partial charge in [0.1, 0.15) is 18.0 Å². The molecular formula is C23H21NO3S. The van der Waals surface area contributed by atoms with Crippen LogP contribution in [-0.2, 0) is 20.9 Å². The molecule has 4 nitrogen and oxygen atoms in total. The number of fused-ring (bicyclic) bond motifs is 1. The zero-order valence-electron chi connectivity index (χ0n) is 15.8. The Morgan fingerprint density at radius 1 is 1.14 bits per heavy atom. The van der Waals surface area contributed by atoms with Crippen LogP contribution in [0.1, 0.15) is 25.0 Å². The standard InChI is InChI=1S/C23H21NO3S/c1-23(2)19(22(26)27-15-17-11-7-4-8-12-17)24-20(25)18(21(24)28-23)14-13-16-9-5-3-6-10-16/h3-13,19,21H,15H2,1-2H3/t14?,19-,21+/m0/s1. The van der Waals surface area contributed by atoms with Crippen LogP contribution in [0.5, 0.6) is 0 Å². The van der Waals surface area contributed by atoms with Crippen LogP contribution in [0.25, 0.3) is 6.08 Å². The van der Waals surface area contributed by atoms with Crippen LogP contribution in [0, 0.1) is 0 Å². The summed E-state index contributed by atoms with van der Waals surface area (Å²) in [6.45, 7) is 4.17. The number of carbonyl (C=O) groups excluding carboxylic acids is 2. The molecule has 0 spiro atoms. The molecule has 2 aromatic rings. The highest BCUT2D eigenvalue weighted by atomic mass is 32.2. The van der Waals surface area contributed by atoms with Crippen molar-refractivity contribution in [3.8, 4) is 0 Å². The SMILES string of the molecule is CC1(C)S[C@@H]2C(=C=Cc3ccccc3)C(=O)N2[C@H]1C(=O)OCc1ccccc1.